The second-order valence-corrected chi connectivity index (χ2v) is 8.26. The van der Waals surface area contributed by atoms with E-state index in [-0.39, 0.29) is 11.8 Å². The zero-order chi connectivity index (χ0) is 21.6. The number of carbonyl (C=O) groups excluding carboxylic acids is 1. The van der Waals surface area contributed by atoms with Gasteiger partial charge in [0.15, 0.2) is 0 Å². The van der Waals surface area contributed by atoms with E-state index >= 15 is 0 Å². The Morgan fingerprint density at radius 1 is 1.06 bits per heavy atom. The van der Waals surface area contributed by atoms with Gasteiger partial charge in [-0.3, -0.25) is 4.79 Å². The predicted octanol–water partition coefficient (Wildman–Crippen LogP) is 5.09. The number of carbonyl (C=O) groups is 1. The number of benzene rings is 2. The van der Waals surface area contributed by atoms with Crippen LogP contribution in [0, 0.1) is 5.92 Å². The molecule has 0 unspecified atom stereocenters. The van der Waals surface area contributed by atoms with Crippen LogP contribution < -0.4 is 0 Å². The zero-order valence-corrected chi connectivity index (χ0v) is 16.9. The molecule has 5 rings (SSSR count). The summed E-state index contributed by atoms with van der Waals surface area (Å²) >= 11 is 0. The third-order valence-electron chi connectivity index (χ3n) is 6.42. The number of hydrogen-bond donors (Lipinski definition) is 1. The minimum Gasteiger partial charge on any atom is -0.381 e. The second-order valence-electron chi connectivity index (χ2n) is 8.26. The lowest BCUT2D eigenvalue weighted by Gasteiger charge is -2.39. The predicted molar refractivity (Wildman–Crippen MR) is 111 cm³/mol. The number of ether oxygens (including phenoxy) is 1. The molecule has 3 aromatic rings. The minimum absolute atomic E-state index is 0.00461. The lowest BCUT2D eigenvalue weighted by Crippen LogP contribution is -2.44. The summed E-state index contributed by atoms with van der Waals surface area (Å²) in [6.45, 7) is 1.55. The molecule has 1 fully saturated rings. The van der Waals surface area contributed by atoms with Crippen LogP contribution >= 0.6 is 0 Å². The van der Waals surface area contributed by atoms with Gasteiger partial charge in [-0.2, -0.15) is 13.2 Å². The summed E-state index contributed by atoms with van der Waals surface area (Å²) in [5, 5.41) is 1.06. The molecule has 7 heteroatoms. The standard InChI is InChI=1S/C24H23F3N2O2/c25-24(26,27)17-5-3-4-16(14-17)22-21-19(18-6-1-2-7-20(18)28-21)8-11-29(22)23(30)15-9-12-31-13-10-15/h1-7,14-15,22,28H,8-13H2/t22-/m1/s1. The van der Waals surface area contributed by atoms with Crippen LogP contribution in [0.25, 0.3) is 10.9 Å². The van der Waals surface area contributed by atoms with Crippen molar-refractivity contribution in [3.63, 3.8) is 0 Å². The number of nitrogens with one attached hydrogen (secondary N) is 1. The Hall–Kier alpha value is -2.80. The van der Waals surface area contributed by atoms with Crippen LogP contribution in [-0.4, -0.2) is 35.5 Å². The van der Waals surface area contributed by atoms with Crippen molar-refractivity contribution in [2.75, 3.05) is 19.8 Å². The van der Waals surface area contributed by atoms with Gasteiger partial charge >= 0.3 is 6.18 Å². The third kappa shape index (κ3) is 3.61. The fourth-order valence-electron chi connectivity index (χ4n) is 4.89. The molecule has 0 radical (unpaired) electrons. The molecule has 0 spiro atoms. The van der Waals surface area contributed by atoms with Crippen molar-refractivity contribution < 1.29 is 22.7 Å². The molecule has 31 heavy (non-hydrogen) atoms. The third-order valence-corrected chi connectivity index (χ3v) is 6.42. The Kier molecular flexibility index (Phi) is 5.01. The number of amides is 1. The number of halogens is 3. The van der Waals surface area contributed by atoms with Crippen LogP contribution in [0.4, 0.5) is 13.2 Å². The van der Waals surface area contributed by atoms with Crippen LogP contribution in [0.1, 0.15) is 41.3 Å². The highest BCUT2D eigenvalue weighted by Crippen LogP contribution is 2.41. The Labute approximate surface area is 178 Å². The van der Waals surface area contributed by atoms with Gasteiger partial charge in [0.2, 0.25) is 5.91 Å². The summed E-state index contributed by atoms with van der Waals surface area (Å²) < 4.78 is 45.7. The van der Waals surface area contributed by atoms with Gasteiger partial charge in [-0.05, 0) is 48.6 Å². The fourth-order valence-corrected chi connectivity index (χ4v) is 4.89. The van der Waals surface area contributed by atoms with Gasteiger partial charge in [0.25, 0.3) is 0 Å². The first-order chi connectivity index (χ1) is 14.9. The van der Waals surface area contributed by atoms with Gasteiger partial charge in [-0.15, -0.1) is 0 Å². The summed E-state index contributed by atoms with van der Waals surface area (Å²) in [4.78, 5) is 18.7. The molecular weight excluding hydrogens is 405 g/mol. The van der Waals surface area contributed by atoms with Crippen LogP contribution in [0.3, 0.4) is 0 Å². The molecule has 0 aliphatic carbocycles. The molecule has 0 saturated carbocycles. The molecule has 1 N–H and O–H groups in total. The first kappa shape index (κ1) is 20.1. The number of para-hydroxylation sites is 1. The van der Waals surface area contributed by atoms with Crippen molar-refractivity contribution in [3.8, 4) is 0 Å². The average Bonchev–Trinajstić information content (AvgIpc) is 3.17. The maximum absolute atomic E-state index is 13.5. The number of nitrogens with zero attached hydrogens (tertiary/aromatic N) is 1. The van der Waals surface area contributed by atoms with Crippen molar-refractivity contribution in [1.29, 1.82) is 0 Å². The second kappa shape index (κ2) is 7.71. The molecule has 1 aromatic heterocycles. The van der Waals surface area contributed by atoms with Gasteiger partial charge in [-0.25, -0.2) is 0 Å². The van der Waals surface area contributed by atoms with E-state index in [1.54, 1.807) is 11.0 Å². The molecular formula is C24H23F3N2O2. The highest BCUT2D eigenvalue weighted by atomic mass is 19.4. The van der Waals surface area contributed by atoms with Crippen molar-refractivity contribution >= 4 is 16.8 Å². The highest BCUT2D eigenvalue weighted by Gasteiger charge is 2.39. The van der Waals surface area contributed by atoms with Crippen LogP contribution in [0.15, 0.2) is 48.5 Å². The van der Waals surface area contributed by atoms with E-state index in [9.17, 15) is 18.0 Å². The van der Waals surface area contributed by atoms with Crippen molar-refractivity contribution in [3.05, 3.63) is 70.9 Å². The Morgan fingerprint density at radius 3 is 2.61 bits per heavy atom. The van der Waals surface area contributed by atoms with Crippen molar-refractivity contribution in [1.82, 2.24) is 9.88 Å². The van der Waals surface area contributed by atoms with Crippen molar-refractivity contribution in [2.24, 2.45) is 5.92 Å². The van der Waals surface area contributed by atoms with E-state index in [4.69, 9.17) is 4.74 Å². The summed E-state index contributed by atoms with van der Waals surface area (Å²) in [5.41, 5.74) is 2.60. The SMILES string of the molecule is O=C(C1CCOCC1)N1CCc2c([nH]c3ccccc23)[C@H]1c1cccc(C(F)(F)F)c1. The molecule has 2 aliphatic rings. The Bertz CT molecular complexity index is 1120. The number of H-pyrrole nitrogens is 1. The van der Waals surface area contributed by atoms with E-state index < -0.39 is 17.8 Å². The van der Waals surface area contributed by atoms with Gasteiger partial charge in [0, 0.05) is 42.3 Å². The molecule has 2 aliphatic heterocycles. The first-order valence-corrected chi connectivity index (χ1v) is 10.6. The van der Waals surface area contributed by atoms with E-state index in [1.165, 1.54) is 12.1 Å². The molecule has 1 atom stereocenters. The molecule has 0 bridgehead atoms. The lowest BCUT2D eigenvalue weighted by atomic mass is 9.89. The summed E-state index contributed by atoms with van der Waals surface area (Å²) in [6, 6.07) is 12.6. The fraction of sp³-hybridized carbons (Fsp3) is 0.375. The van der Waals surface area contributed by atoms with Gasteiger partial charge in [0.05, 0.1) is 11.6 Å². The number of alkyl halides is 3. The van der Waals surface area contributed by atoms with E-state index in [0.29, 0.717) is 44.6 Å². The Morgan fingerprint density at radius 2 is 1.84 bits per heavy atom. The lowest BCUT2D eigenvalue weighted by molar-refractivity contribution is -0.140. The van der Waals surface area contributed by atoms with Crippen LogP contribution in [0.5, 0.6) is 0 Å². The molecule has 2 aromatic carbocycles. The molecule has 162 valence electrons. The zero-order valence-electron chi connectivity index (χ0n) is 16.9. The number of rotatable bonds is 2. The van der Waals surface area contributed by atoms with E-state index in [2.05, 4.69) is 4.98 Å². The highest BCUT2D eigenvalue weighted by molar-refractivity contribution is 5.87. The van der Waals surface area contributed by atoms with E-state index in [0.717, 1.165) is 28.2 Å². The average molecular weight is 428 g/mol. The van der Waals surface area contributed by atoms with Gasteiger partial charge in [-0.1, -0.05) is 30.3 Å². The molecule has 3 heterocycles. The monoisotopic (exact) mass is 428 g/mol. The molecule has 1 saturated heterocycles. The van der Waals surface area contributed by atoms with Crippen LogP contribution in [-0.2, 0) is 22.1 Å². The molecule has 1 amide bonds. The topological polar surface area (TPSA) is 45.3 Å². The largest absolute Gasteiger partial charge is 0.416 e. The maximum atomic E-state index is 13.5. The smallest absolute Gasteiger partial charge is 0.381 e. The maximum Gasteiger partial charge on any atom is 0.416 e. The molecule has 4 nitrogen and oxygen atoms in total. The quantitative estimate of drug-likeness (QED) is 0.618. The van der Waals surface area contributed by atoms with Crippen LogP contribution in [0.2, 0.25) is 0 Å². The summed E-state index contributed by atoms with van der Waals surface area (Å²) in [6.07, 6.45) is -2.48. The van der Waals surface area contributed by atoms with E-state index in [1.807, 2.05) is 24.3 Å². The number of aromatic nitrogens is 1. The normalized spacial score (nSPS) is 20.1. The minimum atomic E-state index is -4.44. The summed E-state index contributed by atoms with van der Waals surface area (Å²) in [7, 11) is 0. The van der Waals surface area contributed by atoms with Crippen molar-refractivity contribution in [2.45, 2.75) is 31.5 Å². The Balaban J connectivity index is 1.63. The number of aromatic amines is 1. The first-order valence-electron chi connectivity index (χ1n) is 10.6. The van der Waals surface area contributed by atoms with Gasteiger partial charge < -0.3 is 14.6 Å². The van der Waals surface area contributed by atoms with Gasteiger partial charge in [0.1, 0.15) is 0 Å². The number of hydrogen-bond acceptors (Lipinski definition) is 2. The number of fused-ring (bicyclic) bond motifs is 3. The summed E-state index contributed by atoms with van der Waals surface area (Å²) in [5.74, 6) is -0.164.